The van der Waals surface area contributed by atoms with E-state index in [0.717, 1.165) is 38.4 Å². The summed E-state index contributed by atoms with van der Waals surface area (Å²) in [6, 6.07) is 0. The summed E-state index contributed by atoms with van der Waals surface area (Å²) in [7, 11) is 0. The second-order valence-corrected chi connectivity index (χ2v) is 5.22. The molecule has 0 bridgehead atoms. The van der Waals surface area contributed by atoms with Gasteiger partial charge in [-0.2, -0.15) is 0 Å². The first-order chi connectivity index (χ1) is 7.44. The van der Waals surface area contributed by atoms with Gasteiger partial charge in [0.1, 0.15) is 6.29 Å². The van der Waals surface area contributed by atoms with Gasteiger partial charge in [-0.1, -0.05) is 39.3 Å². The third kappa shape index (κ3) is 6.06. The molecule has 1 unspecified atom stereocenters. The van der Waals surface area contributed by atoms with E-state index in [2.05, 4.69) is 13.5 Å². The summed E-state index contributed by atoms with van der Waals surface area (Å²) in [6.07, 6.45) is 5.83. The van der Waals surface area contributed by atoms with Gasteiger partial charge in [0.15, 0.2) is 0 Å². The molecule has 0 fully saturated rings. The van der Waals surface area contributed by atoms with Crippen LogP contribution in [0.25, 0.3) is 0 Å². The van der Waals surface area contributed by atoms with Crippen molar-refractivity contribution in [2.75, 3.05) is 0 Å². The average Bonchev–Trinajstić information content (AvgIpc) is 2.24. The molecule has 0 aliphatic rings. The van der Waals surface area contributed by atoms with Crippen LogP contribution in [0.5, 0.6) is 0 Å². The van der Waals surface area contributed by atoms with Crippen LogP contribution in [0.3, 0.4) is 0 Å². The van der Waals surface area contributed by atoms with Gasteiger partial charge in [-0.15, -0.1) is 0 Å². The highest BCUT2D eigenvalue weighted by Crippen LogP contribution is 2.29. The average molecular weight is 226 g/mol. The molecule has 0 aliphatic heterocycles. The number of aliphatic hydroxyl groups excluding tert-OH is 1. The standard InChI is InChI=1S/C14H26O2/c1-5-12(2)8-6-7-10-14(3,4)13(16)9-11-15/h11,13,16H,2,5-10H2,1,3-4H3. The molecular weight excluding hydrogens is 200 g/mol. The van der Waals surface area contributed by atoms with Crippen LogP contribution in [0.15, 0.2) is 12.2 Å². The second kappa shape index (κ2) is 7.61. The number of carbonyl (C=O) groups excluding carboxylic acids is 1. The molecule has 0 aromatic rings. The fourth-order valence-corrected chi connectivity index (χ4v) is 1.71. The van der Waals surface area contributed by atoms with E-state index in [4.69, 9.17) is 0 Å². The monoisotopic (exact) mass is 226 g/mol. The Morgan fingerprint density at radius 2 is 2.06 bits per heavy atom. The largest absolute Gasteiger partial charge is 0.392 e. The van der Waals surface area contributed by atoms with Crippen LogP contribution in [0.2, 0.25) is 0 Å². The highest BCUT2D eigenvalue weighted by atomic mass is 16.3. The molecule has 1 atom stereocenters. The Hall–Kier alpha value is -0.630. The van der Waals surface area contributed by atoms with E-state index in [-0.39, 0.29) is 11.8 Å². The third-order valence-corrected chi connectivity index (χ3v) is 3.32. The van der Waals surface area contributed by atoms with Crippen molar-refractivity contribution in [3.8, 4) is 0 Å². The Labute approximate surface area is 99.7 Å². The van der Waals surface area contributed by atoms with Crippen molar-refractivity contribution in [2.45, 2.75) is 65.4 Å². The lowest BCUT2D eigenvalue weighted by atomic mass is 9.80. The van der Waals surface area contributed by atoms with Crippen molar-refractivity contribution in [2.24, 2.45) is 5.41 Å². The van der Waals surface area contributed by atoms with E-state index in [1.807, 2.05) is 13.8 Å². The van der Waals surface area contributed by atoms with Gasteiger partial charge in [0.05, 0.1) is 6.10 Å². The molecule has 0 saturated carbocycles. The molecule has 0 saturated heterocycles. The first kappa shape index (κ1) is 15.4. The summed E-state index contributed by atoms with van der Waals surface area (Å²) in [4.78, 5) is 10.3. The smallest absolute Gasteiger partial charge is 0.122 e. The molecule has 2 heteroatoms. The van der Waals surface area contributed by atoms with Crippen molar-refractivity contribution < 1.29 is 9.90 Å². The number of aldehydes is 1. The Morgan fingerprint density at radius 1 is 1.44 bits per heavy atom. The maximum Gasteiger partial charge on any atom is 0.122 e. The summed E-state index contributed by atoms with van der Waals surface area (Å²) < 4.78 is 0. The van der Waals surface area contributed by atoms with Gasteiger partial charge in [0.2, 0.25) is 0 Å². The minimum atomic E-state index is -0.514. The van der Waals surface area contributed by atoms with Crippen molar-refractivity contribution in [3.05, 3.63) is 12.2 Å². The number of allylic oxidation sites excluding steroid dienone is 1. The van der Waals surface area contributed by atoms with Gasteiger partial charge < -0.3 is 9.90 Å². The summed E-state index contributed by atoms with van der Waals surface area (Å²) >= 11 is 0. The highest BCUT2D eigenvalue weighted by Gasteiger charge is 2.26. The van der Waals surface area contributed by atoms with Crippen molar-refractivity contribution >= 4 is 6.29 Å². The lowest BCUT2D eigenvalue weighted by Gasteiger charge is -2.29. The Bertz CT molecular complexity index is 219. The van der Waals surface area contributed by atoms with Crippen molar-refractivity contribution in [1.29, 1.82) is 0 Å². The number of rotatable bonds is 9. The predicted molar refractivity (Wildman–Crippen MR) is 68.4 cm³/mol. The third-order valence-electron chi connectivity index (χ3n) is 3.32. The minimum Gasteiger partial charge on any atom is -0.392 e. The highest BCUT2D eigenvalue weighted by molar-refractivity contribution is 5.50. The van der Waals surface area contributed by atoms with Crippen LogP contribution >= 0.6 is 0 Å². The summed E-state index contributed by atoms with van der Waals surface area (Å²) in [6.45, 7) is 10.1. The normalized spacial score (nSPS) is 13.5. The first-order valence-electron chi connectivity index (χ1n) is 6.22. The number of unbranched alkanes of at least 4 members (excludes halogenated alkanes) is 1. The van der Waals surface area contributed by atoms with Gasteiger partial charge in [-0.05, 0) is 31.1 Å². The Balaban J connectivity index is 3.81. The van der Waals surface area contributed by atoms with E-state index in [1.54, 1.807) is 0 Å². The fraction of sp³-hybridized carbons (Fsp3) is 0.786. The summed E-state index contributed by atoms with van der Waals surface area (Å²) in [5.41, 5.74) is 1.14. The van der Waals surface area contributed by atoms with E-state index in [9.17, 15) is 9.90 Å². The molecule has 0 spiro atoms. The molecular formula is C14H26O2. The number of hydrogen-bond donors (Lipinski definition) is 1. The zero-order valence-corrected chi connectivity index (χ0v) is 11.0. The molecule has 0 rings (SSSR count). The number of hydrogen-bond acceptors (Lipinski definition) is 2. The Morgan fingerprint density at radius 3 is 2.56 bits per heavy atom. The molecule has 2 nitrogen and oxygen atoms in total. The van der Waals surface area contributed by atoms with Crippen LogP contribution in [-0.2, 0) is 4.79 Å². The predicted octanol–water partition coefficient (Wildman–Crippen LogP) is 3.49. The van der Waals surface area contributed by atoms with Crippen LogP contribution < -0.4 is 0 Å². The molecule has 0 amide bonds. The van der Waals surface area contributed by atoms with Crippen LogP contribution in [-0.4, -0.2) is 17.5 Å². The van der Waals surface area contributed by atoms with Crippen LogP contribution in [0.1, 0.15) is 59.3 Å². The lowest BCUT2D eigenvalue weighted by molar-refractivity contribution is -0.111. The molecule has 0 radical (unpaired) electrons. The second-order valence-electron chi connectivity index (χ2n) is 5.22. The van der Waals surface area contributed by atoms with Gasteiger partial charge in [0.25, 0.3) is 0 Å². The quantitative estimate of drug-likeness (QED) is 0.371. The van der Waals surface area contributed by atoms with Crippen LogP contribution in [0.4, 0.5) is 0 Å². The number of carbonyl (C=O) groups is 1. The van der Waals surface area contributed by atoms with E-state index >= 15 is 0 Å². The van der Waals surface area contributed by atoms with Crippen LogP contribution in [0, 0.1) is 5.41 Å². The topological polar surface area (TPSA) is 37.3 Å². The molecule has 94 valence electrons. The number of aliphatic hydroxyl groups is 1. The van der Waals surface area contributed by atoms with E-state index in [0.29, 0.717) is 0 Å². The maximum absolute atomic E-state index is 10.3. The lowest BCUT2D eigenvalue weighted by Crippen LogP contribution is -2.29. The Kier molecular flexibility index (Phi) is 7.31. The fourth-order valence-electron chi connectivity index (χ4n) is 1.71. The molecule has 0 heterocycles. The van der Waals surface area contributed by atoms with Gasteiger partial charge >= 0.3 is 0 Å². The molecule has 1 N–H and O–H groups in total. The van der Waals surface area contributed by atoms with Gasteiger partial charge in [-0.25, -0.2) is 0 Å². The molecule has 0 aliphatic carbocycles. The van der Waals surface area contributed by atoms with E-state index in [1.165, 1.54) is 5.57 Å². The molecule has 0 aromatic carbocycles. The van der Waals surface area contributed by atoms with Crippen molar-refractivity contribution in [1.82, 2.24) is 0 Å². The first-order valence-corrected chi connectivity index (χ1v) is 6.22. The van der Waals surface area contributed by atoms with E-state index < -0.39 is 6.10 Å². The van der Waals surface area contributed by atoms with Gasteiger partial charge in [0, 0.05) is 6.42 Å². The van der Waals surface area contributed by atoms with Crippen molar-refractivity contribution in [3.63, 3.8) is 0 Å². The minimum absolute atomic E-state index is 0.158. The summed E-state index contributed by atoms with van der Waals surface area (Å²) in [5.74, 6) is 0. The molecule has 0 aromatic heterocycles. The maximum atomic E-state index is 10.3. The zero-order valence-electron chi connectivity index (χ0n) is 11.0. The SMILES string of the molecule is C=C(CC)CCCCC(C)(C)C(O)CC=O. The molecule has 16 heavy (non-hydrogen) atoms. The zero-order chi connectivity index (χ0) is 12.6. The van der Waals surface area contributed by atoms with Gasteiger partial charge in [-0.3, -0.25) is 0 Å². The summed E-state index contributed by atoms with van der Waals surface area (Å²) in [5, 5.41) is 9.78.